The summed E-state index contributed by atoms with van der Waals surface area (Å²) < 4.78 is 11.3. The van der Waals surface area contributed by atoms with Crippen LogP contribution in [0.1, 0.15) is 30.9 Å². The third-order valence-corrected chi connectivity index (χ3v) is 4.46. The predicted octanol–water partition coefficient (Wildman–Crippen LogP) is 6.81. The summed E-state index contributed by atoms with van der Waals surface area (Å²) in [5, 5.41) is 1.67. The van der Waals surface area contributed by atoms with Crippen LogP contribution >= 0.6 is 39.1 Å². The van der Waals surface area contributed by atoms with Gasteiger partial charge < -0.3 is 9.47 Å². The molecule has 2 rings (SSSR count). The molecule has 0 N–H and O–H groups in total. The highest BCUT2D eigenvalue weighted by Gasteiger charge is 2.13. The van der Waals surface area contributed by atoms with Gasteiger partial charge in [0, 0.05) is 10.9 Å². The predicted molar refractivity (Wildman–Crippen MR) is 96.3 cm³/mol. The molecule has 0 aliphatic heterocycles. The van der Waals surface area contributed by atoms with E-state index in [0.717, 1.165) is 16.9 Å². The molecule has 0 unspecified atom stereocenters. The second-order valence-electron chi connectivity index (χ2n) is 5.18. The molecule has 0 radical (unpaired) electrons. The Balaban J connectivity index is 2.37. The molecule has 2 aromatic carbocycles. The van der Waals surface area contributed by atoms with Gasteiger partial charge in [-0.15, -0.1) is 0 Å². The standard InChI is InChI=1S/C17H17BrCl2O2/c1-10(2)13-8-12(4-5-16(13)21-3)22-17-14(19)6-11(9-18)7-15(17)20/h4-8,10H,9H2,1-3H3. The van der Waals surface area contributed by atoms with E-state index in [-0.39, 0.29) is 0 Å². The first kappa shape index (κ1) is 17.5. The van der Waals surface area contributed by atoms with Crippen molar-refractivity contribution in [1.29, 1.82) is 0 Å². The van der Waals surface area contributed by atoms with E-state index in [4.69, 9.17) is 32.7 Å². The molecule has 0 aliphatic carbocycles. The van der Waals surface area contributed by atoms with E-state index in [1.807, 2.05) is 30.3 Å². The lowest BCUT2D eigenvalue weighted by molar-refractivity contribution is 0.405. The summed E-state index contributed by atoms with van der Waals surface area (Å²) in [6, 6.07) is 9.36. The lowest BCUT2D eigenvalue weighted by Gasteiger charge is -2.15. The molecular formula is C17H17BrCl2O2. The monoisotopic (exact) mass is 402 g/mol. The van der Waals surface area contributed by atoms with Gasteiger partial charge in [-0.3, -0.25) is 0 Å². The van der Waals surface area contributed by atoms with Crippen LogP contribution in [0.15, 0.2) is 30.3 Å². The van der Waals surface area contributed by atoms with Gasteiger partial charge in [-0.05, 0) is 41.8 Å². The van der Waals surface area contributed by atoms with Gasteiger partial charge in [-0.25, -0.2) is 0 Å². The number of methoxy groups -OCH3 is 1. The van der Waals surface area contributed by atoms with Gasteiger partial charge in [0.15, 0.2) is 5.75 Å². The summed E-state index contributed by atoms with van der Waals surface area (Å²) >= 11 is 15.9. The van der Waals surface area contributed by atoms with E-state index in [1.165, 1.54) is 0 Å². The Kier molecular flexibility index (Phi) is 6.01. The first-order chi connectivity index (χ1) is 10.5. The van der Waals surface area contributed by atoms with Crippen molar-refractivity contribution in [3.8, 4) is 17.2 Å². The van der Waals surface area contributed by atoms with Gasteiger partial charge in [0.25, 0.3) is 0 Å². The highest BCUT2D eigenvalue weighted by molar-refractivity contribution is 9.08. The average molecular weight is 404 g/mol. The maximum absolute atomic E-state index is 6.27. The lowest BCUT2D eigenvalue weighted by atomic mass is 10.0. The molecule has 0 fully saturated rings. The highest BCUT2D eigenvalue weighted by atomic mass is 79.9. The molecule has 5 heteroatoms. The third kappa shape index (κ3) is 3.89. The van der Waals surface area contributed by atoms with Crippen molar-refractivity contribution >= 4 is 39.1 Å². The van der Waals surface area contributed by atoms with Crippen LogP contribution < -0.4 is 9.47 Å². The minimum Gasteiger partial charge on any atom is -0.496 e. The lowest BCUT2D eigenvalue weighted by Crippen LogP contribution is -1.96. The SMILES string of the molecule is COc1ccc(Oc2c(Cl)cc(CBr)cc2Cl)cc1C(C)C. The van der Waals surface area contributed by atoms with E-state index < -0.39 is 0 Å². The highest BCUT2D eigenvalue weighted by Crippen LogP contribution is 2.39. The second-order valence-corrected chi connectivity index (χ2v) is 6.56. The Labute approximate surface area is 149 Å². The molecule has 0 saturated carbocycles. The van der Waals surface area contributed by atoms with Crippen LogP contribution in [-0.2, 0) is 5.33 Å². The van der Waals surface area contributed by atoms with Crippen molar-refractivity contribution in [2.24, 2.45) is 0 Å². The maximum atomic E-state index is 6.27. The summed E-state index contributed by atoms with van der Waals surface area (Å²) in [4.78, 5) is 0. The van der Waals surface area contributed by atoms with E-state index >= 15 is 0 Å². The van der Waals surface area contributed by atoms with Crippen molar-refractivity contribution in [3.63, 3.8) is 0 Å². The Morgan fingerprint density at radius 2 is 1.73 bits per heavy atom. The molecule has 0 bridgehead atoms. The fourth-order valence-corrected chi connectivity index (χ4v) is 3.07. The topological polar surface area (TPSA) is 18.5 Å². The van der Waals surface area contributed by atoms with Crippen LogP contribution in [0.4, 0.5) is 0 Å². The molecular weight excluding hydrogens is 387 g/mol. The van der Waals surface area contributed by atoms with Gasteiger partial charge in [-0.2, -0.15) is 0 Å². The van der Waals surface area contributed by atoms with Gasteiger partial charge in [0.2, 0.25) is 0 Å². The molecule has 0 atom stereocenters. The minimum absolute atomic E-state index is 0.320. The Hall–Kier alpha value is -0.900. The first-order valence-corrected chi connectivity index (χ1v) is 8.73. The molecule has 0 heterocycles. The van der Waals surface area contributed by atoms with E-state index in [1.54, 1.807) is 7.11 Å². The van der Waals surface area contributed by atoms with Crippen molar-refractivity contribution < 1.29 is 9.47 Å². The molecule has 118 valence electrons. The van der Waals surface area contributed by atoms with Crippen molar-refractivity contribution in [3.05, 3.63) is 51.5 Å². The number of hydrogen-bond donors (Lipinski definition) is 0. The third-order valence-electron chi connectivity index (χ3n) is 3.26. The summed E-state index contributed by atoms with van der Waals surface area (Å²) in [5.74, 6) is 2.31. The molecule has 2 aromatic rings. The maximum Gasteiger partial charge on any atom is 0.164 e. The van der Waals surface area contributed by atoms with Crippen LogP contribution in [0, 0.1) is 0 Å². The molecule has 22 heavy (non-hydrogen) atoms. The van der Waals surface area contributed by atoms with Crippen LogP contribution in [0.5, 0.6) is 17.2 Å². The van der Waals surface area contributed by atoms with Gasteiger partial charge in [0.1, 0.15) is 11.5 Å². The Bertz CT molecular complexity index is 649. The molecule has 0 saturated heterocycles. The number of benzene rings is 2. The number of alkyl halides is 1. The Morgan fingerprint density at radius 1 is 1.09 bits per heavy atom. The van der Waals surface area contributed by atoms with Crippen LogP contribution in [0.3, 0.4) is 0 Å². The number of rotatable bonds is 5. The van der Waals surface area contributed by atoms with Crippen molar-refractivity contribution in [2.75, 3.05) is 7.11 Å². The van der Waals surface area contributed by atoms with Crippen LogP contribution in [0.2, 0.25) is 10.0 Å². The smallest absolute Gasteiger partial charge is 0.164 e. The fourth-order valence-electron chi connectivity index (χ4n) is 2.13. The Morgan fingerprint density at radius 3 is 2.23 bits per heavy atom. The molecule has 2 nitrogen and oxygen atoms in total. The molecule has 0 spiro atoms. The summed E-state index contributed by atoms with van der Waals surface area (Å²) in [6.45, 7) is 4.21. The normalized spacial score (nSPS) is 10.9. The second kappa shape index (κ2) is 7.58. The molecule has 0 aliphatic rings. The van der Waals surface area contributed by atoms with E-state index in [2.05, 4.69) is 29.8 Å². The first-order valence-electron chi connectivity index (χ1n) is 6.86. The summed E-state index contributed by atoms with van der Waals surface area (Å²) in [7, 11) is 1.66. The number of ether oxygens (including phenoxy) is 2. The van der Waals surface area contributed by atoms with Gasteiger partial charge >= 0.3 is 0 Å². The zero-order chi connectivity index (χ0) is 16.3. The summed E-state index contributed by atoms with van der Waals surface area (Å²) in [6.07, 6.45) is 0. The van der Waals surface area contributed by atoms with Crippen molar-refractivity contribution in [2.45, 2.75) is 25.1 Å². The zero-order valence-electron chi connectivity index (χ0n) is 12.6. The van der Waals surface area contributed by atoms with Crippen LogP contribution in [-0.4, -0.2) is 7.11 Å². The quantitative estimate of drug-likeness (QED) is 0.510. The van der Waals surface area contributed by atoms with E-state index in [0.29, 0.717) is 32.8 Å². The van der Waals surface area contributed by atoms with Crippen molar-refractivity contribution in [1.82, 2.24) is 0 Å². The largest absolute Gasteiger partial charge is 0.496 e. The summed E-state index contributed by atoms with van der Waals surface area (Å²) in [5.41, 5.74) is 2.07. The van der Waals surface area contributed by atoms with Gasteiger partial charge in [-0.1, -0.05) is 53.0 Å². The van der Waals surface area contributed by atoms with Crippen LogP contribution in [0.25, 0.3) is 0 Å². The fraction of sp³-hybridized carbons (Fsp3) is 0.294. The van der Waals surface area contributed by atoms with E-state index in [9.17, 15) is 0 Å². The minimum atomic E-state index is 0.320. The number of halogens is 3. The molecule has 0 amide bonds. The van der Waals surface area contributed by atoms with Gasteiger partial charge in [0.05, 0.1) is 17.2 Å². The number of hydrogen-bond acceptors (Lipinski definition) is 2. The average Bonchev–Trinajstić information content (AvgIpc) is 2.50. The zero-order valence-corrected chi connectivity index (χ0v) is 15.7. The molecule has 0 aromatic heterocycles.